The zero-order valence-electron chi connectivity index (χ0n) is 10.2. The normalized spacial score (nSPS) is 12.7. The SMILES string of the molecule is CCn1cc(C(NN)c2c(F)cc(F)cc2F)cn1. The van der Waals surface area contributed by atoms with Crippen molar-refractivity contribution in [1.29, 1.82) is 0 Å². The van der Waals surface area contributed by atoms with Gasteiger partial charge in [-0.25, -0.2) is 18.6 Å². The van der Waals surface area contributed by atoms with Crippen LogP contribution in [0.4, 0.5) is 13.2 Å². The third-order valence-corrected chi connectivity index (χ3v) is 2.81. The number of aromatic nitrogens is 2. The zero-order chi connectivity index (χ0) is 14.0. The topological polar surface area (TPSA) is 55.9 Å². The molecule has 0 aliphatic carbocycles. The molecule has 1 atom stereocenters. The van der Waals surface area contributed by atoms with Crippen molar-refractivity contribution in [2.75, 3.05) is 0 Å². The first-order valence-corrected chi connectivity index (χ1v) is 5.69. The van der Waals surface area contributed by atoms with Crippen molar-refractivity contribution >= 4 is 0 Å². The molecule has 0 radical (unpaired) electrons. The molecular weight excluding hydrogens is 257 g/mol. The Hall–Kier alpha value is -1.86. The van der Waals surface area contributed by atoms with E-state index in [2.05, 4.69) is 10.5 Å². The lowest BCUT2D eigenvalue weighted by molar-refractivity contribution is 0.491. The second-order valence-corrected chi connectivity index (χ2v) is 4.01. The smallest absolute Gasteiger partial charge is 0.134 e. The summed E-state index contributed by atoms with van der Waals surface area (Å²) >= 11 is 0. The predicted octanol–water partition coefficient (Wildman–Crippen LogP) is 1.87. The number of hydrogen-bond donors (Lipinski definition) is 2. The summed E-state index contributed by atoms with van der Waals surface area (Å²) in [5.41, 5.74) is 2.48. The van der Waals surface area contributed by atoms with Crippen LogP contribution in [0.5, 0.6) is 0 Å². The van der Waals surface area contributed by atoms with Crippen molar-refractivity contribution in [3.05, 3.63) is 53.1 Å². The molecule has 3 N–H and O–H groups in total. The molecule has 0 fully saturated rings. The molecule has 0 aliphatic rings. The molecule has 1 aromatic heterocycles. The molecule has 1 aromatic carbocycles. The van der Waals surface area contributed by atoms with Gasteiger partial charge in [0.1, 0.15) is 17.5 Å². The van der Waals surface area contributed by atoms with E-state index in [9.17, 15) is 13.2 Å². The Balaban J connectivity index is 2.47. The Kier molecular flexibility index (Phi) is 3.87. The first kappa shape index (κ1) is 13.6. The highest BCUT2D eigenvalue weighted by Gasteiger charge is 2.23. The molecule has 4 nitrogen and oxygen atoms in total. The number of aryl methyl sites for hydroxylation is 1. The van der Waals surface area contributed by atoms with Gasteiger partial charge in [0, 0.05) is 36.0 Å². The van der Waals surface area contributed by atoms with Gasteiger partial charge in [0.25, 0.3) is 0 Å². The second-order valence-electron chi connectivity index (χ2n) is 4.01. The van der Waals surface area contributed by atoms with E-state index in [-0.39, 0.29) is 5.56 Å². The predicted molar refractivity (Wildman–Crippen MR) is 63.4 cm³/mol. The number of nitrogens with one attached hydrogen (secondary N) is 1. The molecule has 2 rings (SSSR count). The summed E-state index contributed by atoms with van der Waals surface area (Å²) in [6.07, 6.45) is 3.07. The molecule has 0 aliphatic heterocycles. The second kappa shape index (κ2) is 5.41. The molecular formula is C12H13F3N4. The summed E-state index contributed by atoms with van der Waals surface area (Å²) in [5.74, 6) is 2.38. The lowest BCUT2D eigenvalue weighted by atomic mass is 10.0. The van der Waals surface area contributed by atoms with Crippen LogP contribution in [0.3, 0.4) is 0 Å². The molecule has 7 heteroatoms. The molecule has 2 aromatic rings. The largest absolute Gasteiger partial charge is 0.273 e. The molecule has 1 unspecified atom stereocenters. The van der Waals surface area contributed by atoms with Gasteiger partial charge in [-0.05, 0) is 6.92 Å². The number of rotatable bonds is 4. The van der Waals surface area contributed by atoms with Crippen molar-refractivity contribution < 1.29 is 13.2 Å². The molecule has 0 saturated carbocycles. The maximum atomic E-state index is 13.7. The monoisotopic (exact) mass is 270 g/mol. The van der Waals surface area contributed by atoms with Crippen LogP contribution in [0.15, 0.2) is 24.5 Å². The van der Waals surface area contributed by atoms with Crippen LogP contribution in [-0.4, -0.2) is 9.78 Å². The Morgan fingerprint density at radius 1 is 1.32 bits per heavy atom. The van der Waals surface area contributed by atoms with Crippen molar-refractivity contribution in [2.45, 2.75) is 19.5 Å². The van der Waals surface area contributed by atoms with Crippen molar-refractivity contribution in [3.8, 4) is 0 Å². The highest BCUT2D eigenvalue weighted by molar-refractivity contribution is 5.31. The van der Waals surface area contributed by atoms with E-state index in [4.69, 9.17) is 5.84 Å². The van der Waals surface area contributed by atoms with Gasteiger partial charge in [-0.2, -0.15) is 5.10 Å². The van der Waals surface area contributed by atoms with Gasteiger partial charge in [0.2, 0.25) is 0 Å². The highest BCUT2D eigenvalue weighted by Crippen LogP contribution is 2.26. The van der Waals surface area contributed by atoms with Crippen LogP contribution in [0.1, 0.15) is 24.1 Å². The van der Waals surface area contributed by atoms with E-state index in [1.807, 2.05) is 6.92 Å². The molecule has 0 spiro atoms. The lowest BCUT2D eigenvalue weighted by Crippen LogP contribution is -2.30. The Labute approximate surface area is 108 Å². The molecule has 1 heterocycles. The van der Waals surface area contributed by atoms with Gasteiger partial charge in [-0.15, -0.1) is 0 Å². The highest BCUT2D eigenvalue weighted by atomic mass is 19.1. The van der Waals surface area contributed by atoms with Crippen molar-refractivity contribution in [1.82, 2.24) is 15.2 Å². The van der Waals surface area contributed by atoms with E-state index in [0.717, 1.165) is 0 Å². The summed E-state index contributed by atoms with van der Waals surface area (Å²) in [7, 11) is 0. The van der Waals surface area contributed by atoms with Crippen LogP contribution < -0.4 is 11.3 Å². The van der Waals surface area contributed by atoms with Gasteiger partial charge in [-0.3, -0.25) is 10.5 Å². The fourth-order valence-corrected chi connectivity index (χ4v) is 1.88. The summed E-state index contributed by atoms with van der Waals surface area (Å²) in [4.78, 5) is 0. The molecule has 102 valence electrons. The number of nitrogens with two attached hydrogens (primary N) is 1. The van der Waals surface area contributed by atoms with Gasteiger partial charge >= 0.3 is 0 Å². The van der Waals surface area contributed by atoms with Gasteiger partial charge in [0.15, 0.2) is 0 Å². The summed E-state index contributed by atoms with van der Waals surface area (Å²) in [6.45, 7) is 2.49. The third-order valence-electron chi connectivity index (χ3n) is 2.81. The van der Waals surface area contributed by atoms with Crippen molar-refractivity contribution in [3.63, 3.8) is 0 Å². The van der Waals surface area contributed by atoms with Crippen LogP contribution in [0.2, 0.25) is 0 Å². The Bertz CT molecular complexity index is 559. The quantitative estimate of drug-likeness (QED) is 0.658. The molecule has 0 bridgehead atoms. The van der Waals surface area contributed by atoms with Gasteiger partial charge in [-0.1, -0.05) is 0 Å². The minimum atomic E-state index is -0.996. The lowest BCUT2D eigenvalue weighted by Gasteiger charge is -2.16. The fourth-order valence-electron chi connectivity index (χ4n) is 1.88. The van der Waals surface area contributed by atoms with E-state index < -0.39 is 23.5 Å². The first-order chi connectivity index (χ1) is 9.06. The number of hydrogen-bond acceptors (Lipinski definition) is 3. The van der Waals surface area contributed by atoms with Crippen LogP contribution in [0, 0.1) is 17.5 Å². The average Bonchev–Trinajstić information content (AvgIpc) is 2.81. The van der Waals surface area contributed by atoms with Crippen LogP contribution in [-0.2, 0) is 6.54 Å². The van der Waals surface area contributed by atoms with Crippen LogP contribution >= 0.6 is 0 Å². The van der Waals surface area contributed by atoms with Gasteiger partial charge in [0.05, 0.1) is 12.2 Å². The fraction of sp³-hybridized carbons (Fsp3) is 0.250. The van der Waals surface area contributed by atoms with E-state index >= 15 is 0 Å². The van der Waals surface area contributed by atoms with E-state index in [1.165, 1.54) is 6.20 Å². The number of halogens is 3. The number of benzene rings is 1. The average molecular weight is 270 g/mol. The first-order valence-electron chi connectivity index (χ1n) is 5.69. The third kappa shape index (κ3) is 2.61. The minimum absolute atomic E-state index is 0.334. The summed E-state index contributed by atoms with van der Waals surface area (Å²) in [5, 5.41) is 4.01. The van der Waals surface area contributed by atoms with E-state index in [0.29, 0.717) is 24.2 Å². The molecule has 0 amide bonds. The standard InChI is InChI=1S/C12H13F3N4/c1-2-19-6-7(5-17-19)12(18-16)11-9(14)3-8(13)4-10(11)15/h3-6,12,18H,2,16H2,1H3. The number of hydrazine groups is 1. The zero-order valence-corrected chi connectivity index (χ0v) is 10.2. The van der Waals surface area contributed by atoms with E-state index in [1.54, 1.807) is 10.9 Å². The molecule has 19 heavy (non-hydrogen) atoms. The number of nitrogens with zero attached hydrogens (tertiary/aromatic N) is 2. The Morgan fingerprint density at radius 2 is 1.95 bits per heavy atom. The van der Waals surface area contributed by atoms with Gasteiger partial charge < -0.3 is 0 Å². The van der Waals surface area contributed by atoms with Crippen LogP contribution in [0.25, 0.3) is 0 Å². The minimum Gasteiger partial charge on any atom is -0.273 e. The molecule has 0 saturated heterocycles. The maximum Gasteiger partial charge on any atom is 0.134 e. The summed E-state index contributed by atoms with van der Waals surface area (Å²) < 4.78 is 41.9. The maximum absolute atomic E-state index is 13.7. The van der Waals surface area contributed by atoms with Crippen molar-refractivity contribution in [2.24, 2.45) is 5.84 Å². The Morgan fingerprint density at radius 3 is 2.42 bits per heavy atom. The summed E-state index contributed by atoms with van der Waals surface area (Å²) in [6, 6.07) is 0.306.